The SMILES string of the molecule is Cc1ccncc1NC(=O)c1ccc(-c2ccccc2)cc1. The molecule has 3 nitrogen and oxygen atoms in total. The van der Waals surface area contributed by atoms with Crippen LogP contribution in [-0.2, 0) is 0 Å². The number of hydrogen-bond donors (Lipinski definition) is 1. The van der Waals surface area contributed by atoms with Gasteiger partial charge in [-0.3, -0.25) is 9.78 Å². The molecule has 1 aromatic heterocycles. The van der Waals surface area contributed by atoms with Gasteiger partial charge in [-0.25, -0.2) is 0 Å². The van der Waals surface area contributed by atoms with E-state index in [1.165, 1.54) is 0 Å². The van der Waals surface area contributed by atoms with E-state index in [1.54, 1.807) is 12.4 Å². The van der Waals surface area contributed by atoms with E-state index in [4.69, 9.17) is 0 Å². The van der Waals surface area contributed by atoms with Crippen molar-refractivity contribution in [1.29, 1.82) is 0 Å². The summed E-state index contributed by atoms with van der Waals surface area (Å²) in [5, 5.41) is 2.88. The summed E-state index contributed by atoms with van der Waals surface area (Å²) in [6, 6.07) is 19.5. The summed E-state index contributed by atoms with van der Waals surface area (Å²) < 4.78 is 0. The number of benzene rings is 2. The van der Waals surface area contributed by atoms with Crippen LogP contribution >= 0.6 is 0 Å². The van der Waals surface area contributed by atoms with Crippen LogP contribution in [0.2, 0.25) is 0 Å². The standard InChI is InChI=1S/C19H16N2O/c1-14-11-12-20-13-18(14)21-19(22)17-9-7-16(8-10-17)15-5-3-2-4-6-15/h2-13H,1H3,(H,21,22). The van der Waals surface area contributed by atoms with Gasteiger partial charge in [0.1, 0.15) is 0 Å². The number of carbonyl (C=O) groups excluding carboxylic acids is 1. The first-order valence-electron chi connectivity index (χ1n) is 7.11. The Morgan fingerprint density at radius 3 is 2.27 bits per heavy atom. The third-order valence-corrected chi connectivity index (χ3v) is 3.54. The molecule has 2 aromatic carbocycles. The first-order chi connectivity index (χ1) is 10.7. The van der Waals surface area contributed by atoms with E-state index < -0.39 is 0 Å². The van der Waals surface area contributed by atoms with Crippen LogP contribution in [0.4, 0.5) is 5.69 Å². The van der Waals surface area contributed by atoms with Crippen molar-refractivity contribution in [1.82, 2.24) is 4.98 Å². The van der Waals surface area contributed by atoms with Crippen molar-refractivity contribution in [2.45, 2.75) is 6.92 Å². The molecule has 0 aliphatic rings. The topological polar surface area (TPSA) is 42.0 Å². The Hall–Kier alpha value is -2.94. The summed E-state index contributed by atoms with van der Waals surface area (Å²) >= 11 is 0. The number of nitrogens with zero attached hydrogens (tertiary/aromatic N) is 1. The molecule has 0 saturated heterocycles. The smallest absolute Gasteiger partial charge is 0.255 e. The second kappa shape index (κ2) is 6.22. The maximum atomic E-state index is 12.3. The van der Waals surface area contributed by atoms with Gasteiger partial charge in [-0.2, -0.15) is 0 Å². The van der Waals surface area contributed by atoms with Gasteiger partial charge in [-0.1, -0.05) is 42.5 Å². The van der Waals surface area contributed by atoms with E-state index in [1.807, 2.05) is 67.6 Å². The first kappa shape index (κ1) is 14.0. The first-order valence-corrected chi connectivity index (χ1v) is 7.11. The minimum atomic E-state index is -0.129. The molecular weight excluding hydrogens is 272 g/mol. The number of aromatic nitrogens is 1. The van der Waals surface area contributed by atoms with Gasteiger partial charge in [0.05, 0.1) is 11.9 Å². The zero-order valence-corrected chi connectivity index (χ0v) is 12.3. The third-order valence-electron chi connectivity index (χ3n) is 3.54. The summed E-state index contributed by atoms with van der Waals surface area (Å²) in [6.45, 7) is 1.94. The summed E-state index contributed by atoms with van der Waals surface area (Å²) in [5.41, 5.74) is 4.58. The van der Waals surface area contributed by atoms with Crippen LogP contribution in [0.15, 0.2) is 73.1 Å². The van der Waals surface area contributed by atoms with E-state index in [9.17, 15) is 4.79 Å². The fraction of sp³-hybridized carbons (Fsp3) is 0.0526. The molecule has 3 aromatic rings. The summed E-state index contributed by atoms with van der Waals surface area (Å²) in [7, 11) is 0. The zero-order valence-electron chi connectivity index (χ0n) is 12.3. The fourth-order valence-electron chi connectivity index (χ4n) is 2.23. The Bertz CT molecular complexity index is 780. The van der Waals surface area contributed by atoms with Crippen LogP contribution in [0.1, 0.15) is 15.9 Å². The van der Waals surface area contributed by atoms with Crippen LogP contribution in [0, 0.1) is 6.92 Å². The number of aryl methyl sites for hydroxylation is 1. The van der Waals surface area contributed by atoms with E-state index in [0.29, 0.717) is 5.56 Å². The van der Waals surface area contributed by atoms with E-state index in [2.05, 4.69) is 10.3 Å². The van der Waals surface area contributed by atoms with Crippen molar-refractivity contribution in [3.05, 3.63) is 84.2 Å². The number of amides is 1. The second-order valence-corrected chi connectivity index (χ2v) is 5.09. The fourth-order valence-corrected chi connectivity index (χ4v) is 2.23. The Balaban J connectivity index is 1.78. The van der Waals surface area contributed by atoms with Crippen LogP contribution in [0.3, 0.4) is 0 Å². The predicted molar refractivity (Wildman–Crippen MR) is 88.8 cm³/mol. The Kier molecular flexibility index (Phi) is 3.97. The average Bonchev–Trinajstić information content (AvgIpc) is 2.58. The van der Waals surface area contributed by atoms with Gasteiger partial charge < -0.3 is 5.32 Å². The number of nitrogens with one attached hydrogen (secondary N) is 1. The molecule has 0 aliphatic carbocycles. The van der Waals surface area contributed by atoms with E-state index in [-0.39, 0.29) is 5.91 Å². The predicted octanol–water partition coefficient (Wildman–Crippen LogP) is 4.31. The number of anilines is 1. The Morgan fingerprint density at radius 1 is 0.909 bits per heavy atom. The van der Waals surface area contributed by atoms with Crippen molar-refractivity contribution in [2.24, 2.45) is 0 Å². The van der Waals surface area contributed by atoms with Crippen molar-refractivity contribution >= 4 is 11.6 Å². The molecule has 0 radical (unpaired) electrons. The third kappa shape index (κ3) is 3.04. The number of pyridine rings is 1. The molecule has 0 aliphatic heterocycles. The lowest BCUT2D eigenvalue weighted by Crippen LogP contribution is -2.12. The lowest BCUT2D eigenvalue weighted by Gasteiger charge is -2.08. The molecule has 0 fully saturated rings. The molecule has 0 bridgehead atoms. The van der Waals surface area contributed by atoms with E-state index in [0.717, 1.165) is 22.4 Å². The van der Waals surface area contributed by atoms with Crippen LogP contribution < -0.4 is 5.32 Å². The van der Waals surface area contributed by atoms with Crippen LogP contribution in [-0.4, -0.2) is 10.9 Å². The summed E-state index contributed by atoms with van der Waals surface area (Å²) in [6.07, 6.45) is 3.37. The quantitative estimate of drug-likeness (QED) is 0.780. The minimum absolute atomic E-state index is 0.129. The lowest BCUT2D eigenvalue weighted by atomic mass is 10.0. The van der Waals surface area contributed by atoms with Crippen molar-refractivity contribution < 1.29 is 4.79 Å². The van der Waals surface area contributed by atoms with Gasteiger partial charge in [-0.05, 0) is 41.8 Å². The van der Waals surface area contributed by atoms with Gasteiger partial charge in [0.25, 0.3) is 5.91 Å². The highest BCUT2D eigenvalue weighted by Crippen LogP contribution is 2.20. The van der Waals surface area contributed by atoms with Gasteiger partial charge in [-0.15, -0.1) is 0 Å². The maximum absolute atomic E-state index is 12.3. The lowest BCUT2D eigenvalue weighted by molar-refractivity contribution is 0.102. The normalized spacial score (nSPS) is 10.2. The number of hydrogen-bond acceptors (Lipinski definition) is 2. The molecule has 22 heavy (non-hydrogen) atoms. The Morgan fingerprint density at radius 2 is 1.59 bits per heavy atom. The molecule has 108 valence electrons. The Labute approximate surface area is 129 Å². The maximum Gasteiger partial charge on any atom is 0.255 e. The molecule has 1 N–H and O–H groups in total. The van der Waals surface area contributed by atoms with E-state index >= 15 is 0 Å². The molecule has 0 unspecified atom stereocenters. The summed E-state index contributed by atoms with van der Waals surface area (Å²) in [4.78, 5) is 16.3. The highest BCUT2D eigenvalue weighted by molar-refractivity contribution is 6.04. The van der Waals surface area contributed by atoms with Crippen LogP contribution in [0.5, 0.6) is 0 Å². The van der Waals surface area contributed by atoms with Gasteiger partial charge in [0.2, 0.25) is 0 Å². The molecule has 0 spiro atoms. The van der Waals surface area contributed by atoms with Crippen molar-refractivity contribution in [3.8, 4) is 11.1 Å². The highest BCUT2D eigenvalue weighted by Gasteiger charge is 2.08. The zero-order chi connectivity index (χ0) is 15.4. The molecule has 1 amide bonds. The van der Waals surface area contributed by atoms with Crippen LogP contribution in [0.25, 0.3) is 11.1 Å². The van der Waals surface area contributed by atoms with Gasteiger partial charge in [0.15, 0.2) is 0 Å². The molecule has 3 rings (SSSR count). The van der Waals surface area contributed by atoms with Gasteiger partial charge >= 0.3 is 0 Å². The number of carbonyl (C=O) groups is 1. The largest absolute Gasteiger partial charge is 0.320 e. The van der Waals surface area contributed by atoms with Crippen molar-refractivity contribution in [3.63, 3.8) is 0 Å². The molecule has 0 atom stereocenters. The molecular formula is C19H16N2O. The average molecular weight is 288 g/mol. The molecule has 1 heterocycles. The second-order valence-electron chi connectivity index (χ2n) is 5.09. The minimum Gasteiger partial charge on any atom is -0.320 e. The number of rotatable bonds is 3. The summed E-state index contributed by atoms with van der Waals surface area (Å²) in [5.74, 6) is -0.129. The van der Waals surface area contributed by atoms with Gasteiger partial charge in [0, 0.05) is 11.8 Å². The molecule has 3 heteroatoms. The highest BCUT2D eigenvalue weighted by atomic mass is 16.1. The monoisotopic (exact) mass is 288 g/mol. The molecule has 0 saturated carbocycles. The van der Waals surface area contributed by atoms with Crippen molar-refractivity contribution in [2.75, 3.05) is 5.32 Å².